The fourth-order valence-corrected chi connectivity index (χ4v) is 1.81. The van der Waals surface area contributed by atoms with Crippen LogP contribution in [-0.4, -0.2) is 23.0 Å². The zero-order valence-electron chi connectivity index (χ0n) is 9.69. The molecule has 1 fully saturated rings. The van der Waals surface area contributed by atoms with Crippen LogP contribution in [0.25, 0.3) is 0 Å². The molecule has 4 nitrogen and oxygen atoms in total. The molecule has 0 unspecified atom stereocenters. The van der Waals surface area contributed by atoms with Gasteiger partial charge in [0.15, 0.2) is 0 Å². The van der Waals surface area contributed by atoms with Crippen LogP contribution >= 0.6 is 0 Å². The van der Waals surface area contributed by atoms with Gasteiger partial charge in [0.2, 0.25) is 0 Å². The lowest BCUT2D eigenvalue weighted by atomic mass is 9.93. The number of carboxylic acids is 1. The summed E-state index contributed by atoms with van der Waals surface area (Å²) in [5.74, 6) is -1.18. The molecule has 2 rings (SSSR count). The molecule has 0 spiro atoms. The summed E-state index contributed by atoms with van der Waals surface area (Å²) in [7, 11) is 0. The van der Waals surface area contributed by atoms with Crippen molar-refractivity contribution >= 4 is 11.9 Å². The van der Waals surface area contributed by atoms with E-state index in [0.29, 0.717) is 11.1 Å². The van der Waals surface area contributed by atoms with E-state index in [1.807, 2.05) is 0 Å². The topological polar surface area (TPSA) is 66.4 Å². The summed E-state index contributed by atoms with van der Waals surface area (Å²) >= 11 is 0. The Kier molecular flexibility index (Phi) is 3.13. The molecule has 2 N–H and O–H groups in total. The van der Waals surface area contributed by atoms with E-state index >= 15 is 0 Å². The second kappa shape index (κ2) is 4.57. The number of carboxylic acid groups (broad SMARTS) is 1. The Hall–Kier alpha value is -1.84. The minimum Gasteiger partial charge on any atom is -0.478 e. The Morgan fingerprint density at radius 1 is 1.35 bits per heavy atom. The van der Waals surface area contributed by atoms with Gasteiger partial charge in [-0.3, -0.25) is 4.79 Å². The molecule has 0 atom stereocenters. The molecule has 0 saturated heterocycles. The van der Waals surface area contributed by atoms with Crippen molar-refractivity contribution in [3.63, 3.8) is 0 Å². The van der Waals surface area contributed by atoms with E-state index in [0.717, 1.165) is 19.3 Å². The molecule has 0 aliphatic heterocycles. The predicted molar refractivity (Wildman–Crippen MR) is 63.2 cm³/mol. The number of hydrogen-bond donors (Lipinski definition) is 2. The van der Waals surface area contributed by atoms with E-state index in [9.17, 15) is 9.59 Å². The number of aryl methyl sites for hydroxylation is 1. The van der Waals surface area contributed by atoms with Crippen LogP contribution < -0.4 is 5.32 Å². The lowest BCUT2D eigenvalue weighted by molar-refractivity contribution is 0.0696. The standard InChI is InChI=1S/C13H15NO3/c1-8-5-6-9(7-11(8)13(16)17)12(15)14-10-3-2-4-10/h5-7,10H,2-4H2,1H3,(H,14,15)(H,16,17). The summed E-state index contributed by atoms with van der Waals surface area (Å²) in [6.07, 6.45) is 3.19. The van der Waals surface area contributed by atoms with Crippen molar-refractivity contribution in [3.05, 3.63) is 34.9 Å². The molecular formula is C13H15NO3. The Morgan fingerprint density at radius 2 is 2.06 bits per heavy atom. The Morgan fingerprint density at radius 3 is 2.59 bits per heavy atom. The van der Waals surface area contributed by atoms with Gasteiger partial charge in [0, 0.05) is 11.6 Å². The number of amides is 1. The Balaban J connectivity index is 2.17. The molecule has 0 bridgehead atoms. The maximum absolute atomic E-state index is 11.8. The van der Waals surface area contributed by atoms with Crippen molar-refractivity contribution in [2.45, 2.75) is 32.2 Å². The fourth-order valence-electron chi connectivity index (χ4n) is 1.81. The van der Waals surface area contributed by atoms with Crippen LogP contribution in [-0.2, 0) is 0 Å². The lowest BCUT2D eigenvalue weighted by Crippen LogP contribution is -2.39. The van der Waals surface area contributed by atoms with E-state index in [1.54, 1.807) is 19.1 Å². The summed E-state index contributed by atoms with van der Waals surface area (Å²) in [5, 5.41) is 11.9. The highest BCUT2D eigenvalue weighted by Gasteiger charge is 2.20. The summed E-state index contributed by atoms with van der Waals surface area (Å²) in [5.41, 5.74) is 1.27. The number of hydrogen-bond acceptors (Lipinski definition) is 2. The van der Waals surface area contributed by atoms with E-state index in [-0.39, 0.29) is 17.5 Å². The molecule has 1 aliphatic carbocycles. The van der Waals surface area contributed by atoms with E-state index in [1.165, 1.54) is 6.07 Å². The van der Waals surface area contributed by atoms with Crippen LogP contribution in [0, 0.1) is 6.92 Å². The third-order valence-corrected chi connectivity index (χ3v) is 3.17. The van der Waals surface area contributed by atoms with Gasteiger partial charge in [0.05, 0.1) is 5.56 Å². The quantitative estimate of drug-likeness (QED) is 0.838. The first-order valence-electron chi connectivity index (χ1n) is 5.73. The number of carbonyl (C=O) groups excluding carboxylic acids is 1. The Bertz CT molecular complexity index is 464. The molecule has 1 saturated carbocycles. The van der Waals surface area contributed by atoms with E-state index in [4.69, 9.17) is 5.11 Å². The van der Waals surface area contributed by atoms with Gasteiger partial charge in [0.25, 0.3) is 5.91 Å². The average Bonchev–Trinajstić information content (AvgIpc) is 2.23. The molecule has 1 aromatic rings. The normalized spacial score (nSPS) is 15.1. The predicted octanol–water partition coefficient (Wildman–Crippen LogP) is 1.98. The second-order valence-electron chi connectivity index (χ2n) is 4.44. The average molecular weight is 233 g/mol. The maximum atomic E-state index is 11.8. The molecule has 17 heavy (non-hydrogen) atoms. The summed E-state index contributed by atoms with van der Waals surface area (Å²) in [6.45, 7) is 1.72. The van der Waals surface area contributed by atoms with Gasteiger partial charge in [-0.15, -0.1) is 0 Å². The summed E-state index contributed by atoms with van der Waals surface area (Å²) in [4.78, 5) is 22.8. The molecule has 4 heteroatoms. The second-order valence-corrected chi connectivity index (χ2v) is 4.44. The molecule has 0 aromatic heterocycles. The monoisotopic (exact) mass is 233 g/mol. The number of aromatic carboxylic acids is 1. The van der Waals surface area contributed by atoms with Crippen LogP contribution in [0.3, 0.4) is 0 Å². The zero-order chi connectivity index (χ0) is 12.4. The lowest BCUT2D eigenvalue weighted by Gasteiger charge is -2.26. The highest BCUT2D eigenvalue weighted by atomic mass is 16.4. The molecular weight excluding hydrogens is 218 g/mol. The maximum Gasteiger partial charge on any atom is 0.335 e. The van der Waals surface area contributed by atoms with Gasteiger partial charge >= 0.3 is 5.97 Å². The Labute approximate surface area is 99.6 Å². The summed E-state index contributed by atoms with van der Waals surface area (Å²) < 4.78 is 0. The number of carbonyl (C=O) groups is 2. The van der Waals surface area contributed by atoms with Crippen molar-refractivity contribution in [3.8, 4) is 0 Å². The van der Waals surface area contributed by atoms with Gasteiger partial charge in [-0.1, -0.05) is 6.07 Å². The van der Waals surface area contributed by atoms with Gasteiger partial charge in [-0.05, 0) is 43.9 Å². The molecule has 1 aliphatic rings. The number of nitrogens with one attached hydrogen (secondary N) is 1. The zero-order valence-corrected chi connectivity index (χ0v) is 9.69. The minimum atomic E-state index is -0.999. The number of rotatable bonds is 3. The third kappa shape index (κ3) is 2.46. The van der Waals surface area contributed by atoms with Crippen LogP contribution in [0.5, 0.6) is 0 Å². The van der Waals surface area contributed by atoms with Crippen molar-refractivity contribution in [2.24, 2.45) is 0 Å². The fraction of sp³-hybridized carbons (Fsp3) is 0.385. The van der Waals surface area contributed by atoms with Crippen LogP contribution in [0.2, 0.25) is 0 Å². The van der Waals surface area contributed by atoms with E-state index < -0.39 is 5.97 Å². The highest BCUT2D eigenvalue weighted by molar-refractivity contribution is 5.98. The first-order chi connectivity index (χ1) is 8.08. The van der Waals surface area contributed by atoms with Gasteiger partial charge in [0.1, 0.15) is 0 Å². The van der Waals surface area contributed by atoms with Crippen molar-refractivity contribution in [1.82, 2.24) is 5.32 Å². The SMILES string of the molecule is Cc1ccc(C(=O)NC2CCC2)cc1C(=O)O. The van der Waals surface area contributed by atoms with Crippen LogP contribution in [0.1, 0.15) is 45.5 Å². The highest BCUT2D eigenvalue weighted by Crippen LogP contribution is 2.19. The molecule has 1 aromatic carbocycles. The van der Waals surface area contributed by atoms with Crippen molar-refractivity contribution in [1.29, 1.82) is 0 Å². The minimum absolute atomic E-state index is 0.183. The smallest absolute Gasteiger partial charge is 0.335 e. The molecule has 1 amide bonds. The number of benzene rings is 1. The third-order valence-electron chi connectivity index (χ3n) is 3.17. The van der Waals surface area contributed by atoms with Gasteiger partial charge < -0.3 is 10.4 Å². The van der Waals surface area contributed by atoms with E-state index in [2.05, 4.69) is 5.32 Å². The van der Waals surface area contributed by atoms with Crippen LogP contribution in [0.4, 0.5) is 0 Å². The molecule has 0 heterocycles. The summed E-state index contributed by atoms with van der Waals surface area (Å²) in [6, 6.07) is 5.03. The molecule has 90 valence electrons. The van der Waals surface area contributed by atoms with Crippen molar-refractivity contribution < 1.29 is 14.7 Å². The van der Waals surface area contributed by atoms with Crippen LogP contribution in [0.15, 0.2) is 18.2 Å². The largest absolute Gasteiger partial charge is 0.478 e. The first-order valence-corrected chi connectivity index (χ1v) is 5.73. The van der Waals surface area contributed by atoms with Gasteiger partial charge in [-0.25, -0.2) is 4.79 Å². The molecule has 0 radical (unpaired) electrons. The first kappa shape index (κ1) is 11.6. The van der Waals surface area contributed by atoms with Gasteiger partial charge in [-0.2, -0.15) is 0 Å². The van der Waals surface area contributed by atoms with Crippen molar-refractivity contribution in [2.75, 3.05) is 0 Å².